The normalized spacial score (nSPS) is 20.7. The Kier molecular flexibility index (Phi) is 7.86. The van der Waals surface area contributed by atoms with Gasteiger partial charge in [0.05, 0.1) is 37.2 Å². The minimum Gasteiger partial charge on any atom is -0.462 e. The molecule has 0 saturated carbocycles. The molecular formula is C28H45NO4Si. The molecule has 3 rings (SSSR count). The minimum absolute atomic E-state index is 0.0635. The molecule has 0 radical (unpaired) electrons. The maximum Gasteiger partial charge on any atom is 0.340 e. The van der Waals surface area contributed by atoms with Crippen LogP contribution in [0.3, 0.4) is 0 Å². The molecule has 0 spiro atoms. The third-order valence-corrected chi connectivity index (χ3v) is 12.1. The standard InChI is InChI=1S/C28H45NO4Si/c1-11-32-26(30)24-22(19-12-14-31-15-13-19)23-20(29-25(24)18(2)3)16-28(7,8)17-21(23)33-34(9,10)27(4,5)6/h12,18,21H,11,13-17H2,1-10H3. The molecule has 0 bridgehead atoms. The van der Waals surface area contributed by atoms with Gasteiger partial charge in [0.15, 0.2) is 8.32 Å². The summed E-state index contributed by atoms with van der Waals surface area (Å²) in [5, 5.41) is 0.0855. The highest BCUT2D eigenvalue weighted by Crippen LogP contribution is 2.50. The second kappa shape index (κ2) is 9.86. The summed E-state index contributed by atoms with van der Waals surface area (Å²) in [4.78, 5) is 18.6. The number of rotatable bonds is 6. The lowest BCUT2D eigenvalue weighted by Crippen LogP contribution is -2.44. The van der Waals surface area contributed by atoms with Crippen LogP contribution in [0.15, 0.2) is 6.08 Å². The first-order chi connectivity index (χ1) is 15.7. The first kappa shape index (κ1) is 27.1. The van der Waals surface area contributed by atoms with E-state index in [1.807, 2.05) is 6.92 Å². The second-order valence-electron chi connectivity index (χ2n) is 12.4. The topological polar surface area (TPSA) is 57.7 Å². The molecule has 0 amide bonds. The molecule has 0 saturated heterocycles. The van der Waals surface area contributed by atoms with Gasteiger partial charge in [0, 0.05) is 16.8 Å². The molecule has 0 fully saturated rings. The predicted molar refractivity (Wildman–Crippen MR) is 141 cm³/mol. The highest BCUT2D eigenvalue weighted by atomic mass is 28.4. The van der Waals surface area contributed by atoms with Crippen molar-refractivity contribution in [3.8, 4) is 0 Å². The monoisotopic (exact) mass is 487 g/mol. The predicted octanol–water partition coefficient (Wildman–Crippen LogP) is 7.22. The van der Waals surface area contributed by atoms with Gasteiger partial charge >= 0.3 is 5.97 Å². The summed E-state index contributed by atoms with van der Waals surface area (Å²) in [7, 11) is -2.08. The van der Waals surface area contributed by atoms with E-state index in [4.69, 9.17) is 18.9 Å². The summed E-state index contributed by atoms with van der Waals surface area (Å²) in [6, 6.07) is 0. The number of hydrogen-bond acceptors (Lipinski definition) is 5. The number of esters is 1. The first-order valence-electron chi connectivity index (χ1n) is 12.9. The second-order valence-corrected chi connectivity index (χ2v) is 17.2. The van der Waals surface area contributed by atoms with Gasteiger partial charge in [-0.15, -0.1) is 0 Å². The molecule has 0 N–H and O–H groups in total. The fourth-order valence-corrected chi connectivity index (χ4v) is 6.09. The van der Waals surface area contributed by atoms with Crippen LogP contribution in [0.1, 0.15) is 113 Å². The summed E-state index contributed by atoms with van der Waals surface area (Å²) in [6.07, 6.45) is 4.60. The molecule has 2 aliphatic rings. The number of hydrogen-bond donors (Lipinski definition) is 0. The van der Waals surface area contributed by atoms with Crippen LogP contribution in [0.2, 0.25) is 18.1 Å². The highest BCUT2D eigenvalue weighted by Gasteiger charge is 2.45. The van der Waals surface area contributed by atoms with E-state index in [1.165, 1.54) is 5.57 Å². The van der Waals surface area contributed by atoms with Crippen molar-refractivity contribution in [2.45, 2.75) is 105 Å². The molecule has 1 aromatic rings. The summed E-state index contributed by atoms with van der Waals surface area (Å²) in [5.41, 5.74) is 5.90. The Labute approximate surface area is 207 Å². The molecule has 0 aromatic carbocycles. The molecule has 1 aromatic heterocycles. The van der Waals surface area contributed by atoms with E-state index in [-0.39, 0.29) is 28.4 Å². The van der Waals surface area contributed by atoms with E-state index >= 15 is 0 Å². The molecule has 1 atom stereocenters. The number of fused-ring (bicyclic) bond motifs is 1. The molecule has 5 nitrogen and oxygen atoms in total. The quantitative estimate of drug-likeness (QED) is 0.313. The van der Waals surface area contributed by atoms with E-state index in [0.717, 1.165) is 41.8 Å². The summed E-state index contributed by atoms with van der Waals surface area (Å²) >= 11 is 0. The van der Waals surface area contributed by atoms with Gasteiger partial charge in [-0.3, -0.25) is 4.98 Å². The Morgan fingerprint density at radius 3 is 2.50 bits per heavy atom. The van der Waals surface area contributed by atoms with Crippen LogP contribution in [0, 0.1) is 5.41 Å². The Bertz CT molecular complexity index is 956. The molecule has 2 heterocycles. The largest absolute Gasteiger partial charge is 0.462 e. The van der Waals surface area contributed by atoms with E-state index in [9.17, 15) is 4.79 Å². The van der Waals surface area contributed by atoms with E-state index < -0.39 is 8.32 Å². The van der Waals surface area contributed by atoms with Gasteiger partial charge < -0.3 is 13.9 Å². The average Bonchev–Trinajstić information content (AvgIpc) is 2.71. The Morgan fingerprint density at radius 1 is 1.29 bits per heavy atom. The van der Waals surface area contributed by atoms with Crippen LogP contribution in [0.25, 0.3) is 5.57 Å². The fourth-order valence-electron chi connectivity index (χ4n) is 4.83. The van der Waals surface area contributed by atoms with Crippen LogP contribution >= 0.6 is 0 Å². The maximum atomic E-state index is 13.4. The number of nitrogens with zero attached hydrogens (tertiary/aromatic N) is 1. The van der Waals surface area contributed by atoms with Crippen molar-refractivity contribution in [3.05, 3.63) is 34.2 Å². The fraction of sp³-hybridized carbons (Fsp3) is 0.714. The van der Waals surface area contributed by atoms with Crippen molar-refractivity contribution in [2.24, 2.45) is 5.41 Å². The summed E-state index contributed by atoms with van der Waals surface area (Å²) < 4.78 is 18.4. The van der Waals surface area contributed by atoms with Crippen molar-refractivity contribution in [2.75, 3.05) is 19.8 Å². The van der Waals surface area contributed by atoms with Crippen molar-refractivity contribution in [3.63, 3.8) is 0 Å². The molecule has 1 aliphatic heterocycles. The van der Waals surface area contributed by atoms with Gasteiger partial charge in [-0.25, -0.2) is 4.79 Å². The van der Waals surface area contributed by atoms with E-state index in [2.05, 4.69) is 67.6 Å². The van der Waals surface area contributed by atoms with E-state index in [0.29, 0.717) is 25.4 Å². The SMILES string of the molecule is CCOC(=O)c1c(C(C)C)nc2c(c1C1=CCOCC1)C(O[Si](C)(C)C(C)(C)C)CC(C)(C)C2. The lowest BCUT2D eigenvalue weighted by molar-refractivity contribution is 0.0522. The van der Waals surface area contributed by atoms with Crippen LogP contribution in [0.4, 0.5) is 0 Å². The average molecular weight is 488 g/mol. The molecular weight excluding hydrogens is 442 g/mol. The summed E-state index contributed by atoms with van der Waals surface area (Å²) in [5.74, 6) is -0.173. The lowest BCUT2D eigenvalue weighted by atomic mass is 9.71. The van der Waals surface area contributed by atoms with Crippen molar-refractivity contribution in [1.29, 1.82) is 0 Å². The zero-order valence-corrected chi connectivity index (χ0v) is 24.1. The molecule has 1 aliphatic carbocycles. The van der Waals surface area contributed by atoms with Crippen LogP contribution in [-0.2, 0) is 20.3 Å². The number of pyridine rings is 1. The maximum absolute atomic E-state index is 13.4. The van der Waals surface area contributed by atoms with E-state index in [1.54, 1.807) is 0 Å². The van der Waals surface area contributed by atoms with Gasteiger partial charge in [0.25, 0.3) is 0 Å². The third kappa shape index (κ3) is 5.49. The Balaban J connectivity index is 2.35. The number of ether oxygens (including phenoxy) is 2. The number of aromatic nitrogens is 1. The van der Waals surface area contributed by atoms with Crippen molar-refractivity contribution >= 4 is 19.9 Å². The third-order valence-electron chi connectivity index (χ3n) is 7.60. The molecule has 6 heteroatoms. The van der Waals surface area contributed by atoms with Crippen LogP contribution in [0.5, 0.6) is 0 Å². The molecule has 34 heavy (non-hydrogen) atoms. The van der Waals surface area contributed by atoms with Gasteiger partial charge in [-0.05, 0) is 61.2 Å². The highest BCUT2D eigenvalue weighted by molar-refractivity contribution is 6.74. The van der Waals surface area contributed by atoms with Gasteiger partial charge in [0.2, 0.25) is 0 Å². The van der Waals surface area contributed by atoms with Gasteiger partial charge in [-0.1, -0.05) is 54.5 Å². The Hall–Kier alpha value is -1.50. The van der Waals surface area contributed by atoms with Crippen molar-refractivity contribution in [1.82, 2.24) is 4.98 Å². The molecule has 1 unspecified atom stereocenters. The summed E-state index contributed by atoms with van der Waals surface area (Å²) in [6.45, 7) is 23.7. The Morgan fingerprint density at radius 2 is 1.97 bits per heavy atom. The first-order valence-corrected chi connectivity index (χ1v) is 15.8. The van der Waals surface area contributed by atoms with Gasteiger partial charge in [-0.2, -0.15) is 0 Å². The molecule has 190 valence electrons. The van der Waals surface area contributed by atoms with Crippen molar-refractivity contribution < 1.29 is 18.7 Å². The smallest absolute Gasteiger partial charge is 0.340 e. The lowest BCUT2D eigenvalue weighted by Gasteiger charge is -2.45. The zero-order chi connectivity index (χ0) is 25.5. The number of carbonyl (C=O) groups is 1. The zero-order valence-electron chi connectivity index (χ0n) is 23.1. The number of carbonyl (C=O) groups excluding carboxylic acids is 1. The minimum atomic E-state index is -2.08. The van der Waals surface area contributed by atoms with Crippen LogP contribution < -0.4 is 0 Å². The van der Waals surface area contributed by atoms with Crippen LogP contribution in [-0.4, -0.2) is 39.1 Å². The van der Waals surface area contributed by atoms with Gasteiger partial charge in [0.1, 0.15) is 0 Å².